The van der Waals surface area contributed by atoms with Crippen LogP contribution < -0.4 is 0 Å². The molecular formula is C48H82O19. The Morgan fingerprint density at radius 3 is 1.75 bits per heavy atom. The van der Waals surface area contributed by atoms with Crippen molar-refractivity contribution in [2.75, 3.05) is 13.2 Å². The highest BCUT2D eigenvalue weighted by molar-refractivity contribution is 5.33. The molecule has 0 aromatic rings. The minimum Gasteiger partial charge on any atom is -0.394 e. The molecule has 8 aliphatic rings. The second-order valence-electron chi connectivity index (χ2n) is 24.0. The lowest BCUT2D eigenvalue weighted by atomic mass is 9.41. The normalized spacial score (nSPS) is 54.9. The van der Waals surface area contributed by atoms with Crippen LogP contribution in [0.5, 0.6) is 0 Å². The third kappa shape index (κ3) is 8.21. The summed E-state index contributed by atoms with van der Waals surface area (Å²) >= 11 is 0. The highest BCUT2D eigenvalue weighted by Gasteiger charge is 2.85. The van der Waals surface area contributed by atoms with Gasteiger partial charge in [0.05, 0.1) is 49.3 Å². The van der Waals surface area contributed by atoms with Crippen LogP contribution in [0.2, 0.25) is 0 Å². The Morgan fingerprint density at radius 1 is 0.627 bits per heavy atom. The minimum atomic E-state index is -1.68. The summed E-state index contributed by atoms with van der Waals surface area (Å²) in [5.41, 5.74) is -3.43. The lowest BCUT2D eigenvalue weighted by Crippen LogP contribution is -2.64. The summed E-state index contributed by atoms with van der Waals surface area (Å²) in [5, 5.41) is 140. The highest BCUT2D eigenvalue weighted by atomic mass is 16.7. The first-order chi connectivity index (χ1) is 31.1. The number of ether oxygens (including phenoxy) is 6. The summed E-state index contributed by atoms with van der Waals surface area (Å²) in [6.45, 7) is 14.3. The van der Waals surface area contributed by atoms with E-state index in [4.69, 9.17) is 28.4 Å². The first kappa shape index (κ1) is 52.6. The Bertz CT molecular complexity index is 1730. The van der Waals surface area contributed by atoms with Gasteiger partial charge in [0, 0.05) is 0 Å². The maximum absolute atomic E-state index is 11.6. The van der Waals surface area contributed by atoms with Gasteiger partial charge in [-0.05, 0) is 129 Å². The first-order valence-electron chi connectivity index (χ1n) is 24.8. The second-order valence-corrected chi connectivity index (χ2v) is 24.0. The van der Waals surface area contributed by atoms with Crippen molar-refractivity contribution < 1.29 is 94.8 Å². The Balaban J connectivity index is 1.13. The molecule has 388 valence electrons. The highest BCUT2D eigenvalue weighted by Crippen LogP contribution is 2.89. The average Bonchev–Trinajstić information content (AvgIpc) is 3.86. The van der Waals surface area contributed by atoms with Crippen molar-refractivity contribution in [2.24, 2.45) is 50.7 Å². The van der Waals surface area contributed by atoms with Crippen molar-refractivity contribution in [1.29, 1.82) is 0 Å². The summed E-state index contributed by atoms with van der Waals surface area (Å²) in [7, 11) is 0. The molecule has 0 amide bonds. The van der Waals surface area contributed by atoms with Gasteiger partial charge in [0.15, 0.2) is 18.9 Å². The number of hydrogen-bond donors (Lipinski definition) is 13. The standard InChI is InChI=1S/C48H82O19/c1-20(9-10-28(44(5,6)61)67-42-38(60)35(57)32(54)25(18-50)66-42)29-23(64-41-37(59)34(56)31(53)24(17-49)65-41)16-46(8)26-15-22(63-40-36(58)33(55)30(52)21(2)62-40)39-43(3,4)27(51)11-12-48(39)19-47(26,48)14-13-45(29,46)7/h20-42,49-61H,9-19H2,1-8H3/t20-,21+,22+,23+,24-,25-,26+,27+,28+,29+,30+,31-,32-,33-,34+,35+,36-,37-,38-,39+,40+,41-,42+,45-,46+,47+,48-/m1/s1. The van der Waals surface area contributed by atoms with E-state index in [1.54, 1.807) is 20.8 Å². The van der Waals surface area contributed by atoms with Crippen LogP contribution >= 0.6 is 0 Å². The van der Waals surface area contributed by atoms with Gasteiger partial charge in [0.2, 0.25) is 0 Å². The Labute approximate surface area is 393 Å². The molecule has 2 spiro atoms. The van der Waals surface area contributed by atoms with E-state index >= 15 is 0 Å². The average molecular weight is 963 g/mol. The van der Waals surface area contributed by atoms with Crippen molar-refractivity contribution in [2.45, 2.75) is 235 Å². The van der Waals surface area contributed by atoms with Gasteiger partial charge in [-0.15, -0.1) is 0 Å². The van der Waals surface area contributed by atoms with Crippen molar-refractivity contribution in [3.05, 3.63) is 0 Å². The number of aliphatic hydroxyl groups is 13. The number of fused-ring (bicyclic) bond motifs is 2. The summed E-state index contributed by atoms with van der Waals surface area (Å²) in [6, 6.07) is 0. The zero-order chi connectivity index (χ0) is 49.3. The molecule has 19 heteroatoms. The molecule has 5 saturated carbocycles. The van der Waals surface area contributed by atoms with Crippen LogP contribution in [0, 0.1) is 50.7 Å². The predicted octanol–water partition coefficient (Wildman–Crippen LogP) is -1.22. The number of aliphatic hydroxyl groups excluding tert-OH is 12. The Kier molecular flexibility index (Phi) is 14.4. The van der Waals surface area contributed by atoms with E-state index < -0.39 is 152 Å². The van der Waals surface area contributed by atoms with E-state index in [1.165, 1.54) is 0 Å². The van der Waals surface area contributed by atoms with Gasteiger partial charge < -0.3 is 94.8 Å². The zero-order valence-corrected chi connectivity index (χ0v) is 40.3. The molecule has 0 aromatic carbocycles. The Hall–Kier alpha value is -0.760. The van der Waals surface area contributed by atoms with Gasteiger partial charge >= 0.3 is 0 Å². The van der Waals surface area contributed by atoms with Gasteiger partial charge in [-0.25, -0.2) is 0 Å². The molecule has 8 fully saturated rings. The largest absolute Gasteiger partial charge is 0.394 e. The maximum atomic E-state index is 11.6. The molecule has 8 rings (SSSR count). The minimum absolute atomic E-state index is 0.00328. The molecule has 0 aromatic heterocycles. The second kappa shape index (κ2) is 18.3. The van der Waals surface area contributed by atoms with Crippen LogP contribution in [0.1, 0.15) is 113 Å². The lowest BCUT2D eigenvalue weighted by molar-refractivity contribution is -0.325. The van der Waals surface area contributed by atoms with Crippen LogP contribution in [-0.4, -0.2) is 202 Å². The van der Waals surface area contributed by atoms with E-state index in [0.717, 1.165) is 25.7 Å². The third-order valence-electron chi connectivity index (χ3n) is 19.8. The smallest absolute Gasteiger partial charge is 0.187 e. The summed E-state index contributed by atoms with van der Waals surface area (Å²) in [5.74, 6) is -0.604. The van der Waals surface area contributed by atoms with Crippen molar-refractivity contribution in [3.63, 3.8) is 0 Å². The van der Waals surface area contributed by atoms with Gasteiger partial charge in [0.25, 0.3) is 0 Å². The van der Waals surface area contributed by atoms with Crippen molar-refractivity contribution in [3.8, 4) is 0 Å². The fourth-order valence-corrected chi connectivity index (χ4v) is 15.9. The quantitative estimate of drug-likeness (QED) is 0.0962. The van der Waals surface area contributed by atoms with Gasteiger partial charge in [-0.3, -0.25) is 0 Å². The van der Waals surface area contributed by atoms with E-state index in [2.05, 4.69) is 34.6 Å². The molecule has 5 aliphatic carbocycles. The molecule has 13 N–H and O–H groups in total. The topological polar surface area (TPSA) is 318 Å². The van der Waals surface area contributed by atoms with Crippen molar-refractivity contribution >= 4 is 0 Å². The summed E-state index contributed by atoms with van der Waals surface area (Å²) in [6.07, 6.45) is -18.7. The first-order valence-corrected chi connectivity index (χ1v) is 24.8. The van der Waals surface area contributed by atoms with E-state index in [0.29, 0.717) is 25.7 Å². The van der Waals surface area contributed by atoms with Crippen LogP contribution in [0.15, 0.2) is 0 Å². The van der Waals surface area contributed by atoms with Crippen LogP contribution in [0.4, 0.5) is 0 Å². The fourth-order valence-electron chi connectivity index (χ4n) is 15.9. The molecule has 0 radical (unpaired) electrons. The van der Waals surface area contributed by atoms with Gasteiger partial charge in [-0.1, -0.05) is 34.6 Å². The zero-order valence-electron chi connectivity index (χ0n) is 40.3. The maximum Gasteiger partial charge on any atom is 0.187 e. The van der Waals surface area contributed by atoms with Gasteiger partial charge in [0.1, 0.15) is 67.1 Å². The number of rotatable bonds is 13. The predicted molar refractivity (Wildman–Crippen MR) is 233 cm³/mol. The molecule has 3 aliphatic heterocycles. The monoisotopic (exact) mass is 963 g/mol. The van der Waals surface area contributed by atoms with Crippen LogP contribution in [0.25, 0.3) is 0 Å². The van der Waals surface area contributed by atoms with E-state index in [1.807, 2.05) is 0 Å². The molecular weight excluding hydrogens is 881 g/mol. The van der Waals surface area contributed by atoms with Crippen LogP contribution in [-0.2, 0) is 28.4 Å². The fraction of sp³-hybridized carbons (Fsp3) is 1.00. The Morgan fingerprint density at radius 2 is 1.16 bits per heavy atom. The molecule has 3 saturated heterocycles. The molecule has 67 heavy (non-hydrogen) atoms. The lowest BCUT2D eigenvalue weighted by Gasteiger charge is -2.65. The molecule has 0 bridgehead atoms. The SMILES string of the molecule is C[C@H](CC[C@H](O[C@@H]1O[C@H](CO)[C@@H](O)[C@H](O)[C@H]1O)C(C)(C)O)[C@H]1[C@@H](O[C@@H]2O[C@H](CO)[C@@H](O)[C@H](O)[C@H]2O)C[C@@]2(C)[C@@H]3C[C@H](O[C@@H]4O[C@@H](C)[C@H](O)[C@@H](O)[C@H]4O)[C@H]4C(C)(C)[C@@H](O)CC[C@@]45C[C@@]35CC[C@]12C. The van der Waals surface area contributed by atoms with E-state index in [-0.39, 0.29) is 40.9 Å². The molecule has 19 nitrogen and oxygen atoms in total. The summed E-state index contributed by atoms with van der Waals surface area (Å²) in [4.78, 5) is 0. The third-order valence-corrected chi connectivity index (χ3v) is 19.8. The van der Waals surface area contributed by atoms with Gasteiger partial charge in [-0.2, -0.15) is 0 Å². The van der Waals surface area contributed by atoms with Crippen molar-refractivity contribution in [1.82, 2.24) is 0 Å². The van der Waals surface area contributed by atoms with Crippen LogP contribution in [0.3, 0.4) is 0 Å². The molecule has 0 unspecified atom stereocenters. The summed E-state index contributed by atoms with van der Waals surface area (Å²) < 4.78 is 37.7. The molecule has 27 atom stereocenters. The van der Waals surface area contributed by atoms with E-state index in [9.17, 15) is 66.4 Å². The number of hydrogen-bond acceptors (Lipinski definition) is 19. The molecule has 3 heterocycles.